The Hall–Kier alpha value is -0.620. The number of ether oxygens (including phenoxy) is 1. The molecule has 2 unspecified atom stereocenters. The summed E-state index contributed by atoms with van der Waals surface area (Å²) in [4.78, 5) is 11.7. The summed E-state index contributed by atoms with van der Waals surface area (Å²) in [5.41, 5.74) is 5.00. The Morgan fingerprint density at radius 1 is 1.38 bits per heavy atom. The van der Waals surface area contributed by atoms with Crippen molar-refractivity contribution in [1.82, 2.24) is 0 Å². The Morgan fingerprint density at radius 3 is 2.44 bits per heavy atom. The Kier molecular flexibility index (Phi) is 3.64. The fraction of sp³-hybridized carbons (Fsp3) is 0.900. The van der Waals surface area contributed by atoms with E-state index in [9.17, 15) is 13.2 Å². The van der Waals surface area contributed by atoms with E-state index in [1.165, 1.54) is 0 Å². The van der Waals surface area contributed by atoms with E-state index >= 15 is 0 Å². The molecule has 5 nitrogen and oxygen atoms in total. The van der Waals surface area contributed by atoms with E-state index < -0.39 is 26.7 Å². The summed E-state index contributed by atoms with van der Waals surface area (Å²) in [5.74, 6) is -0.708. The van der Waals surface area contributed by atoms with Crippen LogP contribution in [0.4, 0.5) is 0 Å². The molecule has 2 N–H and O–H groups in total. The van der Waals surface area contributed by atoms with E-state index in [4.69, 9.17) is 10.5 Å². The van der Waals surface area contributed by atoms with Crippen LogP contribution in [0.5, 0.6) is 0 Å². The maximum atomic E-state index is 11.7. The van der Waals surface area contributed by atoms with E-state index in [1.807, 2.05) is 0 Å². The standard InChI is InChI=1S/C10H19NO4S/c1-10(2,3)15-9(12)8-6-7(11)4-5-16(8,13)14/h7-8H,4-6,11H2,1-3H3. The van der Waals surface area contributed by atoms with Crippen molar-refractivity contribution in [2.24, 2.45) is 5.73 Å². The van der Waals surface area contributed by atoms with Gasteiger partial charge in [0.1, 0.15) is 5.60 Å². The van der Waals surface area contributed by atoms with Crippen LogP contribution < -0.4 is 5.73 Å². The van der Waals surface area contributed by atoms with Gasteiger partial charge >= 0.3 is 5.97 Å². The minimum atomic E-state index is -3.38. The SMILES string of the molecule is CC(C)(C)OC(=O)C1CC(N)CCS1(=O)=O. The van der Waals surface area contributed by atoms with E-state index in [1.54, 1.807) is 20.8 Å². The molecule has 0 amide bonds. The molecule has 1 fully saturated rings. The molecule has 6 heteroatoms. The van der Waals surface area contributed by atoms with Crippen molar-refractivity contribution in [3.63, 3.8) is 0 Å². The molecule has 1 saturated heterocycles. The molecular weight excluding hydrogens is 230 g/mol. The molecular formula is C10H19NO4S. The van der Waals surface area contributed by atoms with Crippen LogP contribution in [0.15, 0.2) is 0 Å². The van der Waals surface area contributed by atoms with Crippen LogP contribution in [0, 0.1) is 0 Å². The van der Waals surface area contributed by atoms with Gasteiger partial charge in [0.2, 0.25) is 0 Å². The molecule has 0 aromatic carbocycles. The maximum Gasteiger partial charge on any atom is 0.324 e. The number of carbonyl (C=O) groups excluding carboxylic acids is 1. The third-order valence-corrected chi connectivity index (χ3v) is 4.45. The molecule has 1 aliphatic rings. The number of sulfone groups is 1. The van der Waals surface area contributed by atoms with Crippen LogP contribution in [0.1, 0.15) is 33.6 Å². The fourth-order valence-electron chi connectivity index (χ4n) is 1.61. The van der Waals surface area contributed by atoms with Gasteiger partial charge in [-0.25, -0.2) is 8.42 Å². The van der Waals surface area contributed by atoms with Crippen molar-refractivity contribution in [2.75, 3.05) is 5.75 Å². The van der Waals surface area contributed by atoms with Crippen LogP contribution in [0.25, 0.3) is 0 Å². The van der Waals surface area contributed by atoms with Crippen molar-refractivity contribution < 1.29 is 17.9 Å². The third-order valence-electron chi connectivity index (χ3n) is 2.39. The Balaban J connectivity index is 2.81. The van der Waals surface area contributed by atoms with Crippen LogP contribution in [0.2, 0.25) is 0 Å². The predicted octanol–water partition coefficient (Wildman–Crippen LogP) is 0.233. The normalized spacial score (nSPS) is 29.8. The zero-order valence-corrected chi connectivity index (χ0v) is 10.7. The zero-order chi connectivity index (χ0) is 12.6. The minimum Gasteiger partial charge on any atom is -0.459 e. The highest BCUT2D eigenvalue weighted by molar-refractivity contribution is 7.92. The fourth-order valence-corrected chi connectivity index (χ4v) is 3.41. The average Bonchev–Trinajstić information content (AvgIpc) is 2.06. The second-order valence-corrected chi connectivity index (χ2v) is 7.48. The topological polar surface area (TPSA) is 86.5 Å². The van der Waals surface area contributed by atoms with E-state index in [-0.39, 0.29) is 18.2 Å². The predicted molar refractivity (Wildman–Crippen MR) is 60.6 cm³/mol. The summed E-state index contributed by atoms with van der Waals surface area (Å²) in [7, 11) is -3.38. The summed E-state index contributed by atoms with van der Waals surface area (Å²) in [6.45, 7) is 5.13. The van der Waals surface area contributed by atoms with E-state index in [2.05, 4.69) is 0 Å². The highest BCUT2D eigenvalue weighted by Crippen LogP contribution is 2.22. The first-order valence-electron chi connectivity index (χ1n) is 5.32. The number of carbonyl (C=O) groups is 1. The second-order valence-electron chi connectivity index (χ2n) is 5.17. The van der Waals surface area contributed by atoms with Crippen molar-refractivity contribution >= 4 is 15.8 Å². The van der Waals surface area contributed by atoms with Gasteiger partial charge in [-0.1, -0.05) is 0 Å². The number of hydrogen-bond donors (Lipinski definition) is 1. The summed E-state index contributed by atoms with van der Waals surface area (Å²) in [5, 5.41) is -1.09. The van der Waals surface area contributed by atoms with Gasteiger partial charge in [-0.2, -0.15) is 0 Å². The van der Waals surface area contributed by atoms with Gasteiger partial charge in [-0.15, -0.1) is 0 Å². The van der Waals surface area contributed by atoms with Crippen molar-refractivity contribution in [3.05, 3.63) is 0 Å². The highest BCUT2D eigenvalue weighted by atomic mass is 32.2. The average molecular weight is 249 g/mol. The molecule has 0 spiro atoms. The first kappa shape index (κ1) is 13.4. The van der Waals surface area contributed by atoms with Gasteiger partial charge in [-0.3, -0.25) is 4.79 Å². The van der Waals surface area contributed by atoms with Gasteiger partial charge in [0.15, 0.2) is 15.1 Å². The van der Waals surface area contributed by atoms with Crippen LogP contribution in [-0.4, -0.2) is 37.0 Å². The highest BCUT2D eigenvalue weighted by Gasteiger charge is 2.40. The smallest absolute Gasteiger partial charge is 0.324 e. The number of rotatable bonds is 1. The molecule has 0 bridgehead atoms. The molecule has 0 radical (unpaired) electrons. The lowest BCUT2D eigenvalue weighted by Crippen LogP contribution is -2.46. The van der Waals surface area contributed by atoms with Crippen LogP contribution in [0.3, 0.4) is 0 Å². The van der Waals surface area contributed by atoms with Crippen LogP contribution >= 0.6 is 0 Å². The Bertz CT molecular complexity index is 369. The summed E-state index contributed by atoms with van der Waals surface area (Å²) >= 11 is 0. The number of hydrogen-bond acceptors (Lipinski definition) is 5. The number of nitrogens with two attached hydrogens (primary N) is 1. The first-order chi connectivity index (χ1) is 7.12. The van der Waals surface area contributed by atoms with Crippen molar-refractivity contribution in [1.29, 1.82) is 0 Å². The number of esters is 1. The summed E-state index contributed by atoms with van der Waals surface area (Å²) in [6.07, 6.45) is 0.582. The lowest BCUT2D eigenvalue weighted by Gasteiger charge is -2.28. The molecule has 16 heavy (non-hydrogen) atoms. The monoisotopic (exact) mass is 249 g/mol. The minimum absolute atomic E-state index is 0.0297. The van der Waals surface area contributed by atoms with Crippen LogP contribution in [-0.2, 0) is 19.4 Å². The molecule has 1 aliphatic heterocycles. The van der Waals surface area contributed by atoms with Gasteiger partial charge in [-0.05, 0) is 33.6 Å². The summed E-state index contributed by atoms with van der Waals surface area (Å²) in [6, 6.07) is -0.235. The van der Waals surface area contributed by atoms with E-state index in [0.29, 0.717) is 6.42 Å². The quantitative estimate of drug-likeness (QED) is 0.672. The largest absolute Gasteiger partial charge is 0.459 e. The lowest BCUT2D eigenvalue weighted by molar-refractivity contribution is -0.154. The van der Waals surface area contributed by atoms with Gasteiger partial charge < -0.3 is 10.5 Å². The molecule has 0 aromatic rings. The second kappa shape index (κ2) is 4.33. The maximum absolute atomic E-state index is 11.7. The van der Waals surface area contributed by atoms with Gasteiger partial charge in [0.25, 0.3) is 0 Å². The third kappa shape index (κ3) is 3.45. The first-order valence-corrected chi connectivity index (χ1v) is 7.03. The van der Waals surface area contributed by atoms with E-state index in [0.717, 1.165) is 0 Å². The van der Waals surface area contributed by atoms with Crippen molar-refractivity contribution in [2.45, 2.75) is 50.5 Å². The van der Waals surface area contributed by atoms with Gasteiger partial charge in [0.05, 0.1) is 5.75 Å². The summed E-state index contributed by atoms with van der Waals surface area (Å²) < 4.78 is 28.5. The zero-order valence-electron chi connectivity index (χ0n) is 9.89. The Morgan fingerprint density at radius 2 is 1.94 bits per heavy atom. The Labute approximate surface area is 96.3 Å². The molecule has 0 aromatic heterocycles. The lowest BCUT2D eigenvalue weighted by atomic mass is 10.1. The van der Waals surface area contributed by atoms with Crippen molar-refractivity contribution in [3.8, 4) is 0 Å². The molecule has 0 saturated carbocycles. The molecule has 94 valence electrons. The molecule has 0 aliphatic carbocycles. The van der Waals surface area contributed by atoms with Gasteiger partial charge in [0, 0.05) is 6.04 Å². The molecule has 2 atom stereocenters. The molecule has 1 heterocycles. The molecule has 1 rings (SSSR count).